The second-order valence-electron chi connectivity index (χ2n) is 4.51. The molecule has 1 aliphatic heterocycles. The Morgan fingerprint density at radius 3 is 1.42 bits per heavy atom. The van der Waals surface area contributed by atoms with Gasteiger partial charge in [-0.2, -0.15) is 0 Å². The Hall–Kier alpha value is -2.67. The van der Waals surface area contributed by atoms with E-state index in [1.165, 1.54) is 13.8 Å². The lowest BCUT2D eigenvalue weighted by Gasteiger charge is -1.99. The lowest BCUT2D eigenvalue weighted by molar-refractivity contribution is -0.139. The first-order valence-corrected chi connectivity index (χ1v) is 6.70. The lowest BCUT2D eigenvalue weighted by atomic mass is 10.4. The Kier molecular flexibility index (Phi) is 16.7. The van der Waals surface area contributed by atoms with E-state index < -0.39 is 11.9 Å². The van der Waals surface area contributed by atoms with Crippen LogP contribution in [0.3, 0.4) is 0 Å². The van der Waals surface area contributed by atoms with Gasteiger partial charge in [0.05, 0.1) is 6.61 Å². The van der Waals surface area contributed by atoms with Crippen molar-refractivity contribution in [1.82, 2.24) is 0 Å². The Morgan fingerprint density at radius 1 is 0.958 bits per heavy atom. The topological polar surface area (TPSA) is 113 Å². The lowest BCUT2D eigenvalue weighted by Crippen LogP contribution is -2.09. The van der Waals surface area contributed by atoms with Gasteiger partial charge in [0.1, 0.15) is 12.7 Å². The van der Waals surface area contributed by atoms with Gasteiger partial charge in [0.25, 0.3) is 0 Å². The SMILES string of the molecule is C=C.C=C(C)C(=O)O.C=C(C)C(=O)O.C=C(C)C(=O)OCC1CO1. The fourth-order valence-corrected chi connectivity index (χ4v) is 0.456. The molecule has 0 amide bonds. The molecule has 24 heavy (non-hydrogen) atoms. The van der Waals surface area contributed by atoms with Crippen LogP contribution in [0.5, 0.6) is 0 Å². The Balaban J connectivity index is -0.000000276. The van der Waals surface area contributed by atoms with E-state index in [9.17, 15) is 14.4 Å². The summed E-state index contributed by atoms with van der Waals surface area (Å²) >= 11 is 0. The van der Waals surface area contributed by atoms with Crippen LogP contribution in [0.2, 0.25) is 0 Å². The van der Waals surface area contributed by atoms with E-state index >= 15 is 0 Å². The Bertz CT molecular complexity index is 425. The van der Waals surface area contributed by atoms with Gasteiger partial charge in [-0.1, -0.05) is 19.7 Å². The number of carbonyl (C=O) groups excluding carboxylic acids is 1. The van der Waals surface area contributed by atoms with Crippen molar-refractivity contribution in [3.63, 3.8) is 0 Å². The molecule has 0 saturated carbocycles. The molecule has 0 bridgehead atoms. The molecule has 2 N–H and O–H groups in total. The second-order valence-corrected chi connectivity index (χ2v) is 4.51. The number of hydrogen-bond acceptors (Lipinski definition) is 5. The monoisotopic (exact) mass is 342 g/mol. The van der Waals surface area contributed by atoms with E-state index in [2.05, 4.69) is 32.9 Å². The van der Waals surface area contributed by atoms with E-state index in [-0.39, 0.29) is 23.2 Å². The maximum atomic E-state index is 10.7. The number of ether oxygens (including phenoxy) is 2. The van der Waals surface area contributed by atoms with Crippen LogP contribution in [-0.2, 0) is 23.9 Å². The molecule has 0 aromatic heterocycles. The van der Waals surface area contributed by atoms with Gasteiger partial charge >= 0.3 is 17.9 Å². The van der Waals surface area contributed by atoms with Gasteiger partial charge in [0.15, 0.2) is 0 Å². The van der Waals surface area contributed by atoms with Crippen molar-refractivity contribution in [3.05, 3.63) is 49.6 Å². The second kappa shape index (κ2) is 15.2. The molecule has 1 saturated heterocycles. The maximum absolute atomic E-state index is 10.7. The highest BCUT2D eigenvalue weighted by Gasteiger charge is 2.24. The molecular formula is C17H26O7. The summed E-state index contributed by atoms with van der Waals surface area (Å²) < 4.78 is 9.60. The number of esters is 1. The minimum atomic E-state index is -0.935. The van der Waals surface area contributed by atoms with E-state index in [1.54, 1.807) is 6.92 Å². The van der Waals surface area contributed by atoms with Crippen LogP contribution in [0.25, 0.3) is 0 Å². The number of rotatable bonds is 5. The van der Waals surface area contributed by atoms with Crippen LogP contribution in [0.4, 0.5) is 0 Å². The molecule has 0 spiro atoms. The van der Waals surface area contributed by atoms with E-state index in [0.717, 1.165) is 0 Å². The zero-order valence-corrected chi connectivity index (χ0v) is 14.5. The highest BCUT2D eigenvalue weighted by atomic mass is 16.6. The normalized spacial score (nSPS) is 13.0. The van der Waals surface area contributed by atoms with E-state index in [0.29, 0.717) is 18.8 Å². The third-order valence-corrected chi connectivity index (χ3v) is 1.88. The highest BCUT2D eigenvalue weighted by Crippen LogP contribution is 2.09. The summed E-state index contributed by atoms with van der Waals surface area (Å²) in [5, 5.41) is 15.8. The fourth-order valence-electron chi connectivity index (χ4n) is 0.456. The largest absolute Gasteiger partial charge is 0.478 e. The molecule has 1 unspecified atom stereocenters. The molecule has 0 aromatic rings. The van der Waals surface area contributed by atoms with Crippen molar-refractivity contribution in [2.24, 2.45) is 0 Å². The zero-order chi connectivity index (χ0) is 19.9. The Morgan fingerprint density at radius 2 is 1.25 bits per heavy atom. The molecule has 1 aliphatic rings. The predicted molar refractivity (Wildman–Crippen MR) is 91.7 cm³/mol. The van der Waals surface area contributed by atoms with Crippen molar-refractivity contribution in [2.75, 3.05) is 13.2 Å². The van der Waals surface area contributed by atoms with Crippen LogP contribution in [0.1, 0.15) is 20.8 Å². The zero-order valence-electron chi connectivity index (χ0n) is 14.5. The fraction of sp³-hybridized carbons (Fsp3) is 0.353. The molecule has 1 heterocycles. The standard InChI is InChI=1S/C7H10O3.2C4H6O2.C2H4/c1-5(2)7(8)10-4-6-3-9-6;2*1-3(2)4(5)6;1-2/h6H,1,3-4H2,2H3;2*1H2,2H3,(H,5,6);1-2H2. The van der Waals surface area contributed by atoms with Gasteiger partial charge in [-0.15, -0.1) is 13.2 Å². The summed E-state index contributed by atoms with van der Waals surface area (Å²) in [7, 11) is 0. The molecule has 7 heteroatoms. The molecular weight excluding hydrogens is 316 g/mol. The van der Waals surface area contributed by atoms with Crippen LogP contribution in [0.15, 0.2) is 49.6 Å². The van der Waals surface area contributed by atoms with Crippen molar-refractivity contribution in [2.45, 2.75) is 26.9 Å². The summed E-state index contributed by atoms with van der Waals surface area (Å²) in [5.74, 6) is -2.21. The molecule has 1 atom stereocenters. The summed E-state index contributed by atoms with van der Waals surface area (Å²) in [6.45, 7) is 21.3. The van der Waals surface area contributed by atoms with Gasteiger partial charge in [-0.05, 0) is 20.8 Å². The summed E-state index contributed by atoms with van der Waals surface area (Å²) in [6.07, 6.45) is 0.142. The van der Waals surface area contributed by atoms with E-state index in [1.807, 2.05) is 0 Å². The summed E-state index contributed by atoms with van der Waals surface area (Å²) in [5.41, 5.74) is 0.783. The van der Waals surface area contributed by atoms with Gasteiger partial charge in [-0.3, -0.25) is 0 Å². The van der Waals surface area contributed by atoms with Gasteiger partial charge < -0.3 is 19.7 Å². The van der Waals surface area contributed by atoms with Crippen LogP contribution >= 0.6 is 0 Å². The first kappa shape index (κ1) is 26.2. The quantitative estimate of drug-likeness (QED) is 0.341. The third kappa shape index (κ3) is 21.6. The third-order valence-electron chi connectivity index (χ3n) is 1.88. The molecule has 0 radical (unpaired) electrons. The van der Waals surface area contributed by atoms with Crippen molar-refractivity contribution < 1.29 is 34.1 Å². The smallest absolute Gasteiger partial charge is 0.333 e. The van der Waals surface area contributed by atoms with Gasteiger partial charge in [-0.25, -0.2) is 14.4 Å². The van der Waals surface area contributed by atoms with Crippen molar-refractivity contribution >= 4 is 17.9 Å². The maximum Gasteiger partial charge on any atom is 0.333 e. The first-order chi connectivity index (χ1) is 11.0. The Labute approximate surface area is 142 Å². The molecule has 7 nitrogen and oxygen atoms in total. The summed E-state index contributed by atoms with van der Waals surface area (Å²) in [4.78, 5) is 29.9. The molecule has 1 fully saturated rings. The summed E-state index contributed by atoms with van der Waals surface area (Å²) in [6, 6.07) is 0. The van der Waals surface area contributed by atoms with E-state index in [4.69, 9.17) is 19.7 Å². The number of aliphatic carboxylic acids is 2. The first-order valence-electron chi connectivity index (χ1n) is 6.70. The minimum Gasteiger partial charge on any atom is -0.478 e. The van der Waals surface area contributed by atoms with Gasteiger partial charge in [0, 0.05) is 16.7 Å². The molecule has 0 aromatic carbocycles. The molecule has 0 aliphatic carbocycles. The van der Waals surface area contributed by atoms with Crippen molar-refractivity contribution in [3.8, 4) is 0 Å². The van der Waals surface area contributed by atoms with Crippen LogP contribution < -0.4 is 0 Å². The van der Waals surface area contributed by atoms with Gasteiger partial charge in [0.2, 0.25) is 0 Å². The number of carbonyl (C=O) groups is 3. The number of carboxylic acids is 2. The average molecular weight is 342 g/mol. The average Bonchev–Trinajstić information content (AvgIpc) is 3.32. The molecule has 136 valence electrons. The van der Waals surface area contributed by atoms with Crippen molar-refractivity contribution in [1.29, 1.82) is 0 Å². The molecule has 1 rings (SSSR count). The number of hydrogen-bond donors (Lipinski definition) is 2. The highest BCUT2D eigenvalue weighted by molar-refractivity contribution is 5.87. The van der Waals surface area contributed by atoms with Crippen LogP contribution in [0, 0.1) is 0 Å². The predicted octanol–water partition coefficient (Wildman–Crippen LogP) is 2.60. The number of carboxylic acid groups (broad SMARTS) is 2. The minimum absolute atomic E-state index is 0.142. The van der Waals surface area contributed by atoms with Crippen LogP contribution in [-0.4, -0.2) is 47.4 Å². The number of epoxide rings is 1.